The molecule has 0 bridgehead atoms. The minimum atomic E-state index is 0.144. The van der Waals surface area contributed by atoms with Gasteiger partial charge in [-0.2, -0.15) is 0 Å². The summed E-state index contributed by atoms with van der Waals surface area (Å²) in [4.78, 5) is 0. The largest absolute Gasteiger partial charge is 0.486 e. The van der Waals surface area contributed by atoms with Gasteiger partial charge in [-0.1, -0.05) is 62.4 Å². The number of para-hydroxylation sites is 1. The molecule has 0 fully saturated rings. The summed E-state index contributed by atoms with van der Waals surface area (Å²) in [5.74, 6) is 1.64. The molecule has 0 aliphatic carbocycles. The molecule has 0 aliphatic rings. The molecule has 100 valence electrons. The Bertz CT molecular complexity index is 462. The van der Waals surface area contributed by atoms with Crippen molar-refractivity contribution < 1.29 is 4.74 Å². The van der Waals surface area contributed by atoms with Crippen molar-refractivity contribution in [2.24, 2.45) is 5.92 Å². The van der Waals surface area contributed by atoms with Crippen molar-refractivity contribution in [2.75, 3.05) is 0 Å². The third kappa shape index (κ3) is 4.44. The molecule has 0 N–H and O–H groups in total. The fourth-order valence-electron chi connectivity index (χ4n) is 2.11. The molecule has 0 saturated heterocycles. The molecule has 19 heavy (non-hydrogen) atoms. The Morgan fingerprint density at radius 3 is 1.95 bits per heavy atom. The molecule has 1 nitrogen and oxygen atoms in total. The lowest BCUT2D eigenvalue weighted by molar-refractivity contribution is 0.186. The maximum atomic E-state index is 6.15. The Morgan fingerprint density at radius 2 is 1.37 bits per heavy atom. The second kappa shape index (κ2) is 6.98. The lowest BCUT2D eigenvalue weighted by Gasteiger charge is -2.20. The summed E-state index contributed by atoms with van der Waals surface area (Å²) >= 11 is 0. The highest BCUT2D eigenvalue weighted by atomic mass is 16.5. The van der Waals surface area contributed by atoms with E-state index in [-0.39, 0.29) is 6.10 Å². The summed E-state index contributed by atoms with van der Waals surface area (Å²) in [6.07, 6.45) is 2.37. The second-order valence-electron chi connectivity index (χ2n) is 5.30. The van der Waals surface area contributed by atoms with Crippen molar-refractivity contribution in [3.63, 3.8) is 0 Å². The van der Waals surface area contributed by atoms with Crippen molar-refractivity contribution in [1.29, 1.82) is 0 Å². The molecule has 0 saturated carbocycles. The highest BCUT2D eigenvalue weighted by Crippen LogP contribution is 2.27. The maximum absolute atomic E-state index is 6.15. The Hall–Kier alpha value is -1.76. The van der Waals surface area contributed by atoms with Crippen molar-refractivity contribution in [3.8, 4) is 5.75 Å². The minimum absolute atomic E-state index is 0.144. The topological polar surface area (TPSA) is 9.23 Å². The lowest BCUT2D eigenvalue weighted by atomic mass is 10.00. The van der Waals surface area contributed by atoms with Gasteiger partial charge in [-0.3, -0.25) is 0 Å². The Kier molecular flexibility index (Phi) is 5.02. The monoisotopic (exact) mass is 254 g/mol. The molecule has 0 amide bonds. The van der Waals surface area contributed by atoms with E-state index in [0.717, 1.165) is 12.2 Å². The van der Waals surface area contributed by atoms with Crippen molar-refractivity contribution in [3.05, 3.63) is 66.2 Å². The van der Waals surface area contributed by atoms with Crippen LogP contribution in [-0.2, 0) is 0 Å². The summed E-state index contributed by atoms with van der Waals surface area (Å²) in [6, 6.07) is 20.6. The summed E-state index contributed by atoms with van der Waals surface area (Å²) in [5, 5.41) is 0. The van der Waals surface area contributed by atoms with Gasteiger partial charge in [-0.05, 0) is 36.5 Å². The number of rotatable bonds is 6. The van der Waals surface area contributed by atoms with E-state index >= 15 is 0 Å². The van der Waals surface area contributed by atoms with E-state index in [1.807, 2.05) is 36.4 Å². The van der Waals surface area contributed by atoms with Crippen LogP contribution in [0.5, 0.6) is 5.75 Å². The van der Waals surface area contributed by atoms with Gasteiger partial charge in [0.2, 0.25) is 0 Å². The van der Waals surface area contributed by atoms with Gasteiger partial charge >= 0.3 is 0 Å². The van der Waals surface area contributed by atoms with Crippen molar-refractivity contribution in [1.82, 2.24) is 0 Å². The van der Waals surface area contributed by atoms with E-state index in [1.54, 1.807) is 0 Å². The Morgan fingerprint density at radius 1 is 0.789 bits per heavy atom. The van der Waals surface area contributed by atoms with Crippen LogP contribution >= 0.6 is 0 Å². The summed E-state index contributed by atoms with van der Waals surface area (Å²) < 4.78 is 6.15. The van der Waals surface area contributed by atoms with E-state index in [2.05, 4.69) is 38.1 Å². The number of benzene rings is 2. The standard InChI is InChI=1S/C18H22O/c1-15(2)13-14-18(16-9-5-3-6-10-16)19-17-11-7-4-8-12-17/h3-12,15,18H,13-14H2,1-2H3. The zero-order valence-electron chi connectivity index (χ0n) is 11.8. The first kappa shape index (κ1) is 13.7. The normalized spacial score (nSPS) is 12.4. The molecule has 0 spiro atoms. The summed E-state index contributed by atoms with van der Waals surface area (Å²) in [5.41, 5.74) is 1.26. The molecule has 0 aromatic heterocycles. The molecule has 0 aliphatic heterocycles. The van der Waals surface area contributed by atoms with Gasteiger partial charge in [0.15, 0.2) is 0 Å². The first-order valence-electron chi connectivity index (χ1n) is 7.02. The molecular formula is C18H22O. The SMILES string of the molecule is CC(C)CCC(Oc1ccccc1)c1ccccc1. The molecular weight excluding hydrogens is 232 g/mol. The number of ether oxygens (including phenoxy) is 1. The predicted molar refractivity (Wildman–Crippen MR) is 80.3 cm³/mol. The molecule has 2 rings (SSSR count). The average molecular weight is 254 g/mol. The quantitative estimate of drug-likeness (QED) is 0.684. The van der Waals surface area contributed by atoms with E-state index in [0.29, 0.717) is 5.92 Å². The molecule has 0 heterocycles. The second-order valence-corrected chi connectivity index (χ2v) is 5.30. The van der Waals surface area contributed by atoms with Gasteiger partial charge in [-0.25, -0.2) is 0 Å². The van der Waals surface area contributed by atoms with E-state index in [9.17, 15) is 0 Å². The van der Waals surface area contributed by atoms with Crippen LogP contribution in [0.3, 0.4) is 0 Å². The molecule has 2 aromatic rings. The number of hydrogen-bond acceptors (Lipinski definition) is 1. The van der Waals surface area contributed by atoms with Gasteiger partial charge in [0.05, 0.1) is 0 Å². The van der Waals surface area contributed by atoms with Crippen LogP contribution < -0.4 is 4.74 Å². The molecule has 1 heteroatoms. The Labute approximate surface area is 116 Å². The van der Waals surface area contributed by atoms with Crippen LogP contribution in [0.4, 0.5) is 0 Å². The smallest absolute Gasteiger partial charge is 0.124 e. The third-order valence-corrected chi connectivity index (χ3v) is 3.20. The highest BCUT2D eigenvalue weighted by molar-refractivity contribution is 5.24. The van der Waals surface area contributed by atoms with E-state index in [4.69, 9.17) is 4.74 Å². The van der Waals surface area contributed by atoms with Crippen LogP contribution in [0.15, 0.2) is 60.7 Å². The predicted octanol–water partition coefficient (Wildman–Crippen LogP) is 5.24. The van der Waals surface area contributed by atoms with Gasteiger partial charge in [0.1, 0.15) is 11.9 Å². The van der Waals surface area contributed by atoms with Gasteiger partial charge in [0, 0.05) is 0 Å². The Balaban J connectivity index is 2.10. The molecule has 1 unspecified atom stereocenters. The third-order valence-electron chi connectivity index (χ3n) is 3.20. The minimum Gasteiger partial charge on any atom is -0.486 e. The van der Waals surface area contributed by atoms with Crippen LogP contribution in [0.25, 0.3) is 0 Å². The summed E-state index contributed by atoms with van der Waals surface area (Å²) in [6.45, 7) is 4.51. The molecule has 0 radical (unpaired) electrons. The highest BCUT2D eigenvalue weighted by Gasteiger charge is 2.13. The van der Waals surface area contributed by atoms with Gasteiger partial charge < -0.3 is 4.74 Å². The van der Waals surface area contributed by atoms with E-state index < -0.39 is 0 Å². The van der Waals surface area contributed by atoms with Crippen molar-refractivity contribution >= 4 is 0 Å². The van der Waals surface area contributed by atoms with Crippen LogP contribution in [0.2, 0.25) is 0 Å². The fourth-order valence-corrected chi connectivity index (χ4v) is 2.11. The number of hydrogen-bond donors (Lipinski definition) is 0. The lowest BCUT2D eigenvalue weighted by Crippen LogP contribution is -2.08. The zero-order chi connectivity index (χ0) is 13.5. The zero-order valence-corrected chi connectivity index (χ0v) is 11.8. The summed E-state index contributed by atoms with van der Waals surface area (Å²) in [7, 11) is 0. The van der Waals surface area contributed by atoms with Crippen LogP contribution in [0.1, 0.15) is 38.4 Å². The van der Waals surface area contributed by atoms with Gasteiger partial charge in [0.25, 0.3) is 0 Å². The van der Waals surface area contributed by atoms with Crippen LogP contribution in [-0.4, -0.2) is 0 Å². The average Bonchev–Trinajstić information content (AvgIpc) is 2.45. The van der Waals surface area contributed by atoms with Gasteiger partial charge in [-0.15, -0.1) is 0 Å². The molecule has 1 atom stereocenters. The van der Waals surface area contributed by atoms with E-state index in [1.165, 1.54) is 12.0 Å². The maximum Gasteiger partial charge on any atom is 0.124 e. The fraction of sp³-hybridized carbons (Fsp3) is 0.333. The van der Waals surface area contributed by atoms with Crippen molar-refractivity contribution in [2.45, 2.75) is 32.8 Å². The molecule has 2 aromatic carbocycles. The first-order chi connectivity index (χ1) is 9.25. The van der Waals surface area contributed by atoms with Crippen LogP contribution in [0, 0.1) is 5.92 Å². The first-order valence-corrected chi connectivity index (χ1v) is 7.02.